The van der Waals surface area contributed by atoms with Gasteiger partial charge in [-0.3, -0.25) is 9.97 Å². The zero-order valence-electron chi connectivity index (χ0n) is 35.7. The van der Waals surface area contributed by atoms with Crippen LogP contribution in [0.25, 0.3) is 134 Å². The molecule has 0 spiro atoms. The molecule has 13 rings (SSSR count). The van der Waals surface area contributed by atoms with Crippen LogP contribution in [0.5, 0.6) is 0 Å². The molecular weight excluding hydrogens is 823 g/mol. The molecule has 0 N–H and O–H groups in total. The Morgan fingerprint density at radius 2 is 0.716 bits per heavy atom. The number of fused-ring (bicyclic) bond motifs is 8. The van der Waals surface area contributed by atoms with Crippen LogP contribution in [0.15, 0.2) is 217 Å². The number of rotatable bonds is 7. The molecule has 67 heavy (non-hydrogen) atoms. The van der Waals surface area contributed by atoms with Gasteiger partial charge in [0.25, 0.3) is 0 Å². The fourth-order valence-electron chi connectivity index (χ4n) is 9.04. The van der Waals surface area contributed by atoms with Gasteiger partial charge in [-0.2, -0.15) is 0 Å². The molecule has 8 heteroatoms. The van der Waals surface area contributed by atoms with Gasteiger partial charge in [-0.1, -0.05) is 146 Å². The zero-order chi connectivity index (χ0) is 44.3. The van der Waals surface area contributed by atoms with Crippen LogP contribution in [-0.2, 0) is 0 Å². The van der Waals surface area contributed by atoms with Gasteiger partial charge in [-0.15, -0.1) is 0 Å². The summed E-state index contributed by atoms with van der Waals surface area (Å²) in [7, 11) is 0. The van der Waals surface area contributed by atoms with E-state index >= 15 is 0 Å². The minimum Gasteiger partial charge on any atom is -0.435 e. The van der Waals surface area contributed by atoms with Crippen molar-refractivity contribution in [2.45, 2.75) is 0 Å². The summed E-state index contributed by atoms with van der Waals surface area (Å²) in [4.78, 5) is 36.1. The molecule has 0 saturated carbocycles. The minimum atomic E-state index is 0.455. The van der Waals surface area contributed by atoms with Crippen molar-refractivity contribution in [1.29, 1.82) is 0 Å². The van der Waals surface area contributed by atoms with Crippen molar-refractivity contribution >= 4 is 54.5 Å². The molecule has 8 aromatic carbocycles. The van der Waals surface area contributed by atoms with Crippen molar-refractivity contribution in [3.05, 3.63) is 213 Å². The maximum Gasteiger partial charge on any atom is 0.227 e. The van der Waals surface area contributed by atoms with E-state index in [0.29, 0.717) is 17.5 Å². The lowest BCUT2D eigenvalue weighted by Crippen LogP contribution is -1.99. The Morgan fingerprint density at radius 1 is 0.299 bits per heavy atom. The van der Waals surface area contributed by atoms with E-state index in [1.807, 2.05) is 109 Å². The van der Waals surface area contributed by atoms with Crippen molar-refractivity contribution in [3.63, 3.8) is 0 Å². The van der Waals surface area contributed by atoms with Gasteiger partial charge in [0, 0.05) is 72.9 Å². The number of benzene rings is 8. The molecule has 0 aliphatic heterocycles. The van der Waals surface area contributed by atoms with Gasteiger partial charge in [0.05, 0.1) is 33.8 Å². The fraction of sp³-hybridized carbons (Fsp3) is 0. The maximum absolute atomic E-state index is 6.90. The predicted octanol–water partition coefficient (Wildman–Crippen LogP) is 14.5. The Balaban J connectivity index is 1.07. The number of oxazole rings is 1. The largest absolute Gasteiger partial charge is 0.435 e. The highest BCUT2D eigenvalue weighted by Crippen LogP contribution is 2.40. The maximum atomic E-state index is 6.90. The van der Waals surface area contributed by atoms with Gasteiger partial charge in [-0.25, -0.2) is 24.9 Å². The highest BCUT2D eigenvalue weighted by atomic mass is 16.3. The van der Waals surface area contributed by atoms with Gasteiger partial charge in [0.15, 0.2) is 17.2 Å². The van der Waals surface area contributed by atoms with E-state index in [1.165, 1.54) is 0 Å². The summed E-state index contributed by atoms with van der Waals surface area (Å²) < 4.78 is 6.90. The summed E-state index contributed by atoms with van der Waals surface area (Å²) in [5, 5.41) is 6.27. The summed E-state index contributed by atoms with van der Waals surface area (Å²) in [6, 6.07) is 67.8. The summed E-state index contributed by atoms with van der Waals surface area (Å²) >= 11 is 0. The molecule has 312 valence electrons. The molecule has 0 fully saturated rings. The van der Waals surface area contributed by atoms with Gasteiger partial charge >= 0.3 is 0 Å². The Morgan fingerprint density at radius 3 is 1.25 bits per heavy atom. The number of pyridine rings is 2. The number of hydrogen-bond acceptors (Lipinski definition) is 8. The number of hydrogen-bond donors (Lipinski definition) is 0. The Kier molecular flexibility index (Phi) is 8.99. The van der Waals surface area contributed by atoms with Crippen LogP contribution in [0.2, 0.25) is 0 Å². The van der Waals surface area contributed by atoms with E-state index in [-0.39, 0.29) is 0 Å². The number of aromatic nitrogens is 7. The fourth-order valence-corrected chi connectivity index (χ4v) is 9.04. The molecule has 5 heterocycles. The molecule has 0 aliphatic rings. The van der Waals surface area contributed by atoms with E-state index in [1.54, 1.807) is 0 Å². The topological polar surface area (TPSA) is 103 Å². The molecule has 0 amide bonds. The van der Waals surface area contributed by atoms with Crippen molar-refractivity contribution in [3.8, 4) is 79.3 Å². The SMILES string of the molecule is c1ccc(-c2cc(-c3cnc4ccccc4c3)nc(-c3cc(-c4nc(-c5ccccc5)cc(-c5cnc6ccccc6c5)n4)cc(-c4nc5c6ccccc6c6ccccc6c5o4)c3)n2)cc1. The lowest BCUT2D eigenvalue weighted by molar-refractivity contribution is 0.623. The highest BCUT2D eigenvalue weighted by Gasteiger charge is 2.21. The summed E-state index contributed by atoms with van der Waals surface area (Å²) in [5.74, 6) is 1.48. The first-order valence-electron chi connectivity index (χ1n) is 22.1. The molecule has 0 unspecified atom stereocenters. The van der Waals surface area contributed by atoms with E-state index in [0.717, 1.165) is 116 Å². The van der Waals surface area contributed by atoms with Crippen LogP contribution in [0.1, 0.15) is 0 Å². The molecule has 5 aromatic heterocycles. The van der Waals surface area contributed by atoms with E-state index < -0.39 is 0 Å². The Bertz CT molecular complexity index is 3800. The number of nitrogens with zero attached hydrogens (tertiary/aromatic N) is 7. The highest BCUT2D eigenvalue weighted by molar-refractivity contribution is 6.22. The lowest BCUT2D eigenvalue weighted by atomic mass is 10.0. The van der Waals surface area contributed by atoms with Crippen LogP contribution >= 0.6 is 0 Å². The lowest BCUT2D eigenvalue weighted by Gasteiger charge is -2.13. The first-order chi connectivity index (χ1) is 33.1. The van der Waals surface area contributed by atoms with Crippen molar-refractivity contribution in [2.75, 3.05) is 0 Å². The van der Waals surface area contributed by atoms with Gasteiger partial charge in [0.1, 0.15) is 5.52 Å². The van der Waals surface area contributed by atoms with Crippen LogP contribution in [0, 0.1) is 0 Å². The van der Waals surface area contributed by atoms with Crippen molar-refractivity contribution in [1.82, 2.24) is 34.9 Å². The van der Waals surface area contributed by atoms with Gasteiger partial charge < -0.3 is 4.42 Å². The summed E-state index contributed by atoms with van der Waals surface area (Å²) in [6.45, 7) is 0. The standard InChI is InChI=1S/C59H35N7O/c1-3-15-36(16-4-1)51-32-53(43-27-38-19-7-13-25-49(38)60-34-43)64-57(62-51)40-29-41(31-42(30-40)59-66-55-47-23-11-9-21-45(47)46-22-10-12-24-48(46)56(55)67-59)58-63-52(37-17-5-2-6-18-37)33-54(65-58)44-28-39-20-8-14-26-50(39)61-35-44/h1-35H. The molecule has 0 radical (unpaired) electrons. The second-order valence-electron chi connectivity index (χ2n) is 16.6. The third-order valence-electron chi connectivity index (χ3n) is 12.3. The molecule has 8 nitrogen and oxygen atoms in total. The summed E-state index contributed by atoms with van der Waals surface area (Å²) in [6.07, 6.45) is 3.76. The Labute approximate surface area is 384 Å². The molecule has 0 atom stereocenters. The average molecular weight is 858 g/mol. The van der Waals surface area contributed by atoms with Crippen molar-refractivity contribution in [2.24, 2.45) is 0 Å². The van der Waals surface area contributed by atoms with Crippen LogP contribution < -0.4 is 0 Å². The van der Waals surface area contributed by atoms with Gasteiger partial charge in [0.2, 0.25) is 5.89 Å². The quantitative estimate of drug-likeness (QED) is 0.146. The van der Waals surface area contributed by atoms with E-state index in [9.17, 15) is 0 Å². The van der Waals surface area contributed by atoms with Gasteiger partial charge in [-0.05, 0) is 65.4 Å². The third kappa shape index (κ3) is 6.92. The van der Waals surface area contributed by atoms with Crippen LogP contribution in [0.3, 0.4) is 0 Å². The first kappa shape index (κ1) is 38.2. The van der Waals surface area contributed by atoms with Crippen LogP contribution in [0.4, 0.5) is 0 Å². The Hall–Kier alpha value is -9.27. The third-order valence-corrected chi connectivity index (χ3v) is 12.3. The second kappa shape index (κ2) is 15.8. The molecule has 0 saturated heterocycles. The second-order valence-corrected chi connectivity index (χ2v) is 16.6. The molecular formula is C59H35N7O. The monoisotopic (exact) mass is 857 g/mol. The average Bonchev–Trinajstić information content (AvgIpc) is 3.87. The van der Waals surface area contributed by atoms with Crippen molar-refractivity contribution < 1.29 is 4.42 Å². The first-order valence-corrected chi connectivity index (χ1v) is 22.1. The van der Waals surface area contributed by atoms with E-state index in [2.05, 4.69) is 103 Å². The molecule has 0 bridgehead atoms. The smallest absolute Gasteiger partial charge is 0.227 e. The zero-order valence-corrected chi connectivity index (χ0v) is 35.7. The summed E-state index contributed by atoms with van der Waals surface area (Å²) in [5.41, 5.74) is 12.2. The minimum absolute atomic E-state index is 0.455. The van der Waals surface area contributed by atoms with E-state index in [4.69, 9.17) is 39.3 Å². The predicted molar refractivity (Wildman–Crippen MR) is 269 cm³/mol. The number of para-hydroxylation sites is 2. The van der Waals surface area contributed by atoms with Crippen LogP contribution in [-0.4, -0.2) is 34.9 Å². The molecule has 0 aliphatic carbocycles. The normalized spacial score (nSPS) is 11.6. The molecule has 13 aromatic rings.